The van der Waals surface area contributed by atoms with E-state index in [4.69, 9.17) is 4.74 Å². The van der Waals surface area contributed by atoms with Gasteiger partial charge in [0.05, 0.1) is 0 Å². The van der Waals surface area contributed by atoms with Crippen LogP contribution in [0.5, 0.6) is 0 Å². The molecule has 0 radical (unpaired) electrons. The van der Waals surface area contributed by atoms with Crippen LogP contribution < -0.4 is 10.6 Å². The van der Waals surface area contributed by atoms with E-state index in [-0.39, 0.29) is 5.82 Å². The molecule has 1 heterocycles. The number of nitrogens with one attached hydrogen (secondary N) is 3. The maximum atomic E-state index is 13.4. The minimum absolute atomic E-state index is 0.208. The third kappa shape index (κ3) is 5.53. The van der Waals surface area contributed by atoms with Crippen molar-refractivity contribution in [1.29, 1.82) is 0 Å². The number of halogens is 1. The topological polar surface area (TPSA) is 61.4 Å². The van der Waals surface area contributed by atoms with Gasteiger partial charge < -0.3 is 20.4 Å². The highest BCUT2D eigenvalue weighted by atomic mass is 19.1. The third-order valence-corrected chi connectivity index (χ3v) is 3.68. The van der Waals surface area contributed by atoms with E-state index < -0.39 is 0 Å². The highest BCUT2D eigenvalue weighted by molar-refractivity contribution is 5.83. The number of fused-ring (bicyclic) bond motifs is 1. The van der Waals surface area contributed by atoms with Crippen molar-refractivity contribution in [3.8, 4) is 0 Å². The Balaban J connectivity index is 1.84. The Hall–Kier alpha value is -2.08. The summed E-state index contributed by atoms with van der Waals surface area (Å²) in [5.41, 5.74) is 2.06. The molecule has 24 heavy (non-hydrogen) atoms. The number of aromatic nitrogens is 1. The molecule has 0 aliphatic rings. The maximum absolute atomic E-state index is 13.4. The molecule has 0 atom stereocenters. The van der Waals surface area contributed by atoms with Crippen molar-refractivity contribution in [1.82, 2.24) is 15.6 Å². The van der Waals surface area contributed by atoms with Crippen molar-refractivity contribution in [2.24, 2.45) is 4.99 Å². The number of rotatable bonds is 9. The van der Waals surface area contributed by atoms with Crippen molar-refractivity contribution in [3.63, 3.8) is 0 Å². The van der Waals surface area contributed by atoms with Crippen molar-refractivity contribution in [2.45, 2.75) is 26.7 Å². The van der Waals surface area contributed by atoms with Gasteiger partial charge >= 0.3 is 0 Å². The first-order valence-corrected chi connectivity index (χ1v) is 8.60. The van der Waals surface area contributed by atoms with Gasteiger partial charge in [0.2, 0.25) is 0 Å². The summed E-state index contributed by atoms with van der Waals surface area (Å²) in [5.74, 6) is 0.598. The molecule has 0 saturated carbocycles. The fourth-order valence-corrected chi connectivity index (χ4v) is 2.52. The number of hydrogen-bond donors (Lipinski definition) is 3. The first-order valence-electron chi connectivity index (χ1n) is 8.60. The molecule has 0 unspecified atom stereocenters. The molecule has 0 bridgehead atoms. The van der Waals surface area contributed by atoms with E-state index in [0.29, 0.717) is 0 Å². The van der Waals surface area contributed by atoms with Gasteiger partial charge in [-0.1, -0.05) is 0 Å². The number of benzene rings is 1. The summed E-state index contributed by atoms with van der Waals surface area (Å²) in [6.45, 7) is 7.79. The summed E-state index contributed by atoms with van der Waals surface area (Å²) in [4.78, 5) is 7.71. The van der Waals surface area contributed by atoms with E-state index in [1.165, 1.54) is 6.07 Å². The van der Waals surface area contributed by atoms with E-state index >= 15 is 0 Å². The van der Waals surface area contributed by atoms with Gasteiger partial charge in [-0.05, 0) is 50.5 Å². The minimum Gasteiger partial charge on any atom is -0.382 e. The lowest BCUT2D eigenvalue weighted by Gasteiger charge is -2.11. The molecule has 1 aromatic heterocycles. The van der Waals surface area contributed by atoms with Crippen LogP contribution in [0.15, 0.2) is 29.4 Å². The second kappa shape index (κ2) is 9.93. The van der Waals surface area contributed by atoms with E-state index in [1.54, 1.807) is 12.1 Å². The van der Waals surface area contributed by atoms with Crippen LogP contribution in [0, 0.1) is 5.82 Å². The van der Waals surface area contributed by atoms with Crippen LogP contribution in [-0.4, -0.2) is 43.8 Å². The number of nitrogens with zero attached hydrogens (tertiary/aromatic N) is 1. The standard InChI is InChI=1S/C18H27FN4O/c1-3-20-18(21-9-5-11-24-4-2)22-10-8-14-13-23-17-7-6-15(19)12-16(14)17/h6-7,12-13,23H,3-5,8-11H2,1-2H3,(H2,20,21,22). The normalized spacial score (nSPS) is 11.9. The van der Waals surface area contributed by atoms with Crippen LogP contribution in [0.25, 0.3) is 10.9 Å². The second-order valence-electron chi connectivity index (χ2n) is 5.49. The van der Waals surface area contributed by atoms with Crippen LogP contribution in [0.3, 0.4) is 0 Å². The molecule has 2 aromatic rings. The molecule has 0 spiro atoms. The SMILES string of the molecule is CCNC(=NCCCOCC)NCCc1c[nH]c2ccc(F)cc12. The van der Waals surface area contributed by atoms with Gasteiger partial charge in [-0.3, -0.25) is 4.99 Å². The summed E-state index contributed by atoms with van der Waals surface area (Å²) < 4.78 is 18.7. The molecule has 0 aliphatic heterocycles. The highest BCUT2D eigenvalue weighted by Crippen LogP contribution is 2.19. The number of ether oxygens (including phenoxy) is 1. The third-order valence-electron chi connectivity index (χ3n) is 3.68. The molecule has 0 amide bonds. The van der Waals surface area contributed by atoms with Gasteiger partial charge in [0.15, 0.2) is 5.96 Å². The zero-order valence-electron chi connectivity index (χ0n) is 14.5. The molecular weight excluding hydrogens is 307 g/mol. The number of aliphatic imine (C=N–C) groups is 1. The summed E-state index contributed by atoms with van der Waals surface area (Å²) in [7, 11) is 0. The quantitative estimate of drug-likeness (QED) is 0.375. The molecule has 132 valence electrons. The van der Waals surface area contributed by atoms with Crippen molar-refractivity contribution in [2.75, 3.05) is 32.8 Å². The zero-order valence-corrected chi connectivity index (χ0v) is 14.5. The summed E-state index contributed by atoms with van der Waals surface area (Å²) >= 11 is 0. The predicted molar refractivity (Wildman–Crippen MR) is 97.1 cm³/mol. The number of aromatic amines is 1. The molecule has 6 heteroatoms. The number of guanidine groups is 1. The van der Waals surface area contributed by atoms with Crippen LogP contribution in [0.2, 0.25) is 0 Å². The number of hydrogen-bond acceptors (Lipinski definition) is 2. The highest BCUT2D eigenvalue weighted by Gasteiger charge is 2.05. The van der Waals surface area contributed by atoms with Gasteiger partial charge in [0, 0.05) is 49.9 Å². The zero-order chi connectivity index (χ0) is 17.2. The minimum atomic E-state index is -0.208. The van der Waals surface area contributed by atoms with Gasteiger partial charge in [0.25, 0.3) is 0 Å². The van der Waals surface area contributed by atoms with Gasteiger partial charge in [-0.25, -0.2) is 4.39 Å². The van der Waals surface area contributed by atoms with Crippen molar-refractivity contribution < 1.29 is 9.13 Å². The average Bonchev–Trinajstić information content (AvgIpc) is 2.97. The fourth-order valence-electron chi connectivity index (χ4n) is 2.52. The monoisotopic (exact) mass is 334 g/mol. The van der Waals surface area contributed by atoms with Crippen molar-refractivity contribution >= 4 is 16.9 Å². The lowest BCUT2D eigenvalue weighted by atomic mass is 10.1. The Morgan fingerprint density at radius 3 is 2.96 bits per heavy atom. The smallest absolute Gasteiger partial charge is 0.191 e. The fraction of sp³-hybridized carbons (Fsp3) is 0.500. The van der Waals surface area contributed by atoms with Crippen LogP contribution in [-0.2, 0) is 11.2 Å². The van der Waals surface area contributed by atoms with Crippen LogP contribution in [0.4, 0.5) is 4.39 Å². The first-order chi connectivity index (χ1) is 11.7. The Morgan fingerprint density at radius 2 is 2.17 bits per heavy atom. The molecule has 0 aliphatic carbocycles. The molecular formula is C18H27FN4O. The molecule has 5 nitrogen and oxygen atoms in total. The molecule has 1 aromatic carbocycles. The Labute approximate surface area is 142 Å². The van der Waals surface area contributed by atoms with E-state index in [0.717, 1.165) is 68.1 Å². The summed E-state index contributed by atoms with van der Waals surface area (Å²) in [6.07, 6.45) is 3.65. The molecule has 2 rings (SSSR count). The average molecular weight is 334 g/mol. The Bertz CT molecular complexity index is 654. The lowest BCUT2D eigenvalue weighted by Crippen LogP contribution is -2.38. The largest absolute Gasteiger partial charge is 0.382 e. The van der Waals surface area contributed by atoms with Gasteiger partial charge in [-0.2, -0.15) is 0 Å². The van der Waals surface area contributed by atoms with Gasteiger partial charge in [-0.15, -0.1) is 0 Å². The van der Waals surface area contributed by atoms with Crippen molar-refractivity contribution in [3.05, 3.63) is 35.8 Å². The van der Waals surface area contributed by atoms with E-state index in [2.05, 4.69) is 20.6 Å². The maximum Gasteiger partial charge on any atom is 0.191 e. The van der Waals surface area contributed by atoms with E-state index in [1.807, 2.05) is 20.0 Å². The number of H-pyrrole nitrogens is 1. The first kappa shape index (κ1) is 18.3. The molecule has 0 fully saturated rings. The van der Waals surface area contributed by atoms with Crippen LogP contribution in [0.1, 0.15) is 25.8 Å². The summed E-state index contributed by atoms with van der Waals surface area (Å²) in [5, 5.41) is 7.49. The molecule has 3 N–H and O–H groups in total. The summed E-state index contributed by atoms with van der Waals surface area (Å²) in [6, 6.07) is 4.82. The predicted octanol–water partition coefficient (Wildman–Crippen LogP) is 2.83. The molecule has 0 saturated heterocycles. The Morgan fingerprint density at radius 1 is 1.29 bits per heavy atom. The van der Waals surface area contributed by atoms with E-state index in [9.17, 15) is 4.39 Å². The lowest BCUT2D eigenvalue weighted by molar-refractivity contribution is 0.146. The second-order valence-corrected chi connectivity index (χ2v) is 5.49. The Kier molecular flexibility index (Phi) is 7.55. The van der Waals surface area contributed by atoms with Crippen LogP contribution >= 0.6 is 0 Å². The van der Waals surface area contributed by atoms with Gasteiger partial charge in [0.1, 0.15) is 5.82 Å².